The first-order valence-electron chi connectivity index (χ1n) is 11.1. The van der Waals surface area contributed by atoms with Crippen LogP contribution in [0.25, 0.3) is 0 Å². The van der Waals surface area contributed by atoms with Gasteiger partial charge in [0.1, 0.15) is 0 Å². The van der Waals surface area contributed by atoms with E-state index in [1.807, 2.05) is 24.3 Å². The zero-order valence-corrected chi connectivity index (χ0v) is 18.5. The Bertz CT molecular complexity index is 1090. The molecule has 1 aliphatic rings. The quantitative estimate of drug-likeness (QED) is 0.388. The second-order valence-corrected chi connectivity index (χ2v) is 8.01. The highest BCUT2D eigenvalue weighted by atomic mass is 16.2. The van der Waals surface area contributed by atoms with Crippen molar-refractivity contribution in [2.75, 3.05) is 50.3 Å². The maximum Gasteiger partial charge on any atom is 0.255 e. The SMILES string of the molecule is Nc1ccccc1NC(=O)c1ccc(Cn2cc(C(=O)NCCN3CCNCC3)cn2)cc1. The molecule has 4 rings (SSSR count). The average Bonchev–Trinajstić information content (AvgIpc) is 3.30. The molecule has 1 aromatic heterocycles. The van der Waals surface area contributed by atoms with Crippen molar-refractivity contribution in [1.29, 1.82) is 0 Å². The number of anilines is 2. The summed E-state index contributed by atoms with van der Waals surface area (Å²) in [6.45, 7) is 5.97. The van der Waals surface area contributed by atoms with Crippen molar-refractivity contribution in [3.8, 4) is 0 Å². The minimum Gasteiger partial charge on any atom is -0.397 e. The molecule has 2 aromatic carbocycles. The molecule has 9 nitrogen and oxygen atoms in total. The van der Waals surface area contributed by atoms with Gasteiger partial charge in [-0.2, -0.15) is 5.10 Å². The Kier molecular flexibility index (Phi) is 7.33. The van der Waals surface area contributed by atoms with Gasteiger partial charge in [0.2, 0.25) is 0 Å². The molecule has 1 aliphatic heterocycles. The number of benzene rings is 2. The van der Waals surface area contributed by atoms with E-state index in [0.717, 1.165) is 38.3 Å². The summed E-state index contributed by atoms with van der Waals surface area (Å²) in [6.07, 6.45) is 3.31. The molecule has 5 N–H and O–H groups in total. The first-order valence-corrected chi connectivity index (χ1v) is 11.1. The molecule has 0 bridgehead atoms. The van der Waals surface area contributed by atoms with E-state index < -0.39 is 0 Å². The van der Waals surface area contributed by atoms with Gasteiger partial charge in [0, 0.05) is 51.0 Å². The van der Waals surface area contributed by atoms with Crippen LogP contribution >= 0.6 is 0 Å². The monoisotopic (exact) mass is 447 g/mol. The number of hydrogen-bond donors (Lipinski definition) is 4. The number of nitrogens with zero attached hydrogens (tertiary/aromatic N) is 3. The standard InChI is InChI=1S/C24H29N7O2/c25-21-3-1-2-4-22(21)29-24(33)19-7-5-18(6-8-19)16-31-17-20(15-28-31)23(32)27-11-14-30-12-9-26-10-13-30/h1-8,15,17,26H,9-14,16,25H2,(H,27,32)(H,29,33). The number of para-hydroxylation sites is 2. The van der Waals surface area contributed by atoms with Crippen molar-refractivity contribution >= 4 is 23.2 Å². The lowest BCUT2D eigenvalue weighted by atomic mass is 10.1. The van der Waals surface area contributed by atoms with Crippen molar-refractivity contribution in [3.05, 3.63) is 77.6 Å². The van der Waals surface area contributed by atoms with Crippen LogP contribution in [0.15, 0.2) is 60.9 Å². The van der Waals surface area contributed by atoms with E-state index in [0.29, 0.717) is 35.6 Å². The molecule has 9 heteroatoms. The maximum atomic E-state index is 12.5. The van der Waals surface area contributed by atoms with Gasteiger partial charge < -0.3 is 21.7 Å². The van der Waals surface area contributed by atoms with Crippen molar-refractivity contribution in [2.24, 2.45) is 0 Å². The molecule has 0 atom stereocenters. The molecular formula is C24H29N7O2. The molecule has 33 heavy (non-hydrogen) atoms. The molecule has 0 aliphatic carbocycles. The summed E-state index contributed by atoms with van der Waals surface area (Å²) in [5.41, 5.74) is 9.03. The summed E-state index contributed by atoms with van der Waals surface area (Å²) >= 11 is 0. The van der Waals surface area contributed by atoms with E-state index >= 15 is 0 Å². The fourth-order valence-electron chi connectivity index (χ4n) is 3.69. The average molecular weight is 448 g/mol. The number of carbonyl (C=O) groups excluding carboxylic acids is 2. The summed E-state index contributed by atoms with van der Waals surface area (Å²) in [4.78, 5) is 27.2. The third-order valence-corrected chi connectivity index (χ3v) is 5.59. The summed E-state index contributed by atoms with van der Waals surface area (Å²) in [5, 5.41) is 13.4. The summed E-state index contributed by atoms with van der Waals surface area (Å²) in [7, 11) is 0. The Morgan fingerprint density at radius 2 is 1.76 bits per heavy atom. The van der Waals surface area contributed by atoms with E-state index in [2.05, 4.69) is 25.9 Å². The highest BCUT2D eigenvalue weighted by Gasteiger charge is 2.12. The van der Waals surface area contributed by atoms with Crippen LogP contribution in [0, 0.1) is 0 Å². The number of amides is 2. The smallest absolute Gasteiger partial charge is 0.255 e. The molecule has 0 unspecified atom stereocenters. The molecule has 0 radical (unpaired) electrons. The van der Waals surface area contributed by atoms with E-state index in [1.54, 1.807) is 41.3 Å². The van der Waals surface area contributed by atoms with Crippen molar-refractivity contribution in [1.82, 2.24) is 25.3 Å². The van der Waals surface area contributed by atoms with Crippen LogP contribution in [-0.2, 0) is 6.54 Å². The van der Waals surface area contributed by atoms with Crippen LogP contribution in [0.5, 0.6) is 0 Å². The highest BCUT2D eigenvalue weighted by Crippen LogP contribution is 2.18. The zero-order valence-electron chi connectivity index (χ0n) is 18.5. The van der Waals surface area contributed by atoms with Gasteiger partial charge in [-0.25, -0.2) is 0 Å². The van der Waals surface area contributed by atoms with Crippen molar-refractivity contribution in [3.63, 3.8) is 0 Å². The Morgan fingerprint density at radius 1 is 1.00 bits per heavy atom. The first kappa shape index (κ1) is 22.5. The lowest BCUT2D eigenvalue weighted by Gasteiger charge is -2.26. The maximum absolute atomic E-state index is 12.5. The van der Waals surface area contributed by atoms with Crippen LogP contribution < -0.4 is 21.7 Å². The van der Waals surface area contributed by atoms with E-state index in [4.69, 9.17) is 5.73 Å². The lowest BCUT2D eigenvalue weighted by Crippen LogP contribution is -2.46. The topological polar surface area (TPSA) is 117 Å². The largest absolute Gasteiger partial charge is 0.397 e. The number of nitrogens with one attached hydrogen (secondary N) is 3. The highest BCUT2D eigenvalue weighted by molar-refractivity contribution is 6.05. The lowest BCUT2D eigenvalue weighted by molar-refractivity contribution is 0.0946. The second-order valence-electron chi connectivity index (χ2n) is 8.01. The third kappa shape index (κ3) is 6.18. The number of nitrogen functional groups attached to an aromatic ring is 1. The fourth-order valence-corrected chi connectivity index (χ4v) is 3.69. The van der Waals surface area contributed by atoms with Gasteiger partial charge in [-0.1, -0.05) is 24.3 Å². The molecule has 1 saturated heterocycles. The van der Waals surface area contributed by atoms with E-state index in [-0.39, 0.29) is 11.8 Å². The molecule has 2 amide bonds. The number of piperazine rings is 1. The summed E-state index contributed by atoms with van der Waals surface area (Å²) in [6, 6.07) is 14.4. The number of rotatable bonds is 8. The van der Waals surface area contributed by atoms with Gasteiger partial charge in [0.15, 0.2) is 0 Å². The number of nitrogens with two attached hydrogens (primary N) is 1. The molecule has 3 aromatic rings. The summed E-state index contributed by atoms with van der Waals surface area (Å²) < 4.78 is 1.71. The third-order valence-electron chi connectivity index (χ3n) is 5.59. The first-order chi connectivity index (χ1) is 16.1. The van der Waals surface area contributed by atoms with Gasteiger partial charge in [-0.05, 0) is 29.8 Å². The molecule has 2 heterocycles. The van der Waals surface area contributed by atoms with Crippen LogP contribution in [0.3, 0.4) is 0 Å². The van der Waals surface area contributed by atoms with Gasteiger partial charge in [-0.3, -0.25) is 19.2 Å². The Morgan fingerprint density at radius 3 is 2.52 bits per heavy atom. The molecule has 0 saturated carbocycles. The second kappa shape index (κ2) is 10.8. The van der Waals surface area contributed by atoms with Crippen molar-refractivity contribution in [2.45, 2.75) is 6.54 Å². The number of aromatic nitrogens is 2. The van der Waals surface area contributed by atoms with Crippen LogP contribution in [0.1, 0.15) is 26.3 Å². The van der Waals surface area contributed by atoms with Gasteiger partial charge in [0.25, 0.3) is 11.8 Å². The van der Waals surface area contributed by atoms with Gasteiger partial charge in [0.05, 0.1) is 29.7 Å². The normalized spacial score (nSPS) is 14.1. The Labute approximate surface area is 193 Å². The minimum absolute atomic E-state index is 0.122. The van der Waals surface area contributed by atoms with Crippen LogP contribution in [-0.4, -0.2) is 65.8 Å². The Hall–Kier alpha value is -3.69. The Balaban J connectivity index is 1.27. The fraction of sp³-hybridized carbons (Fsp3) is 0.292. The van der Waals surface area contributed by atoms with Crippen molar-refractivity contribution < 1.29 is 9.59 Å². The van der Waals surface area contributed by atoms with E-state index in [1.165, 1.54) is 0 Å². The number of carbonyl (C=O) groups is 2. The predicted molar refractivity (Wildman–Crippen MR) is 128 cm³/mol. The predicted octanol–water partition coefficient (Wildman–Crippen LogP) is 1.40. The van der Waals surface area contributed by atoms with Gasteiger partial charge in [-0.15, -0.1) is 0 Å². The van der Waals surface area contributed by atoms with Crippen LogP contribution in [0.2, 0.25) is 0 Å². The molecule has 1 fully saturated rings. The molecular weight excluding hydrogens is 418 g/mol. The molecule has 0 spiro atoms. The molecule has 172 valence electrons. The minimum atomic E-state index is -0.224. The van der Waals surface area contributed by atoms with E-state index in [9.17, 15) is 9.59 Å². The number of hydrogen-bond acceptors (Lipinski definition) is 6. The van der Waals surface area contributed by atoms with Gasteiger partial charge >= 0.3 is 0 Å². The summed E-state index contributed by atoms with van der Waals surface area (Å²) in [5.74, 6) is -0.345. The zero-order chi connectivity index (χ0) is 23.0. The van der Waals surface area contributed by atoms with Crippen LogP contribution in [0.4, 0.5) is 11.4 Å².